The molecule has 1 aliphatic heterocycles. The summed E-state index contributed by atoms with van der Waals surface area (Å²) in [5, 5.41) is 0. The lowest BCUT2D eigenvalue weighted by Gasteiger charge is -2.37. The molecule has 1 fully saturated rings. The number of carbonyl (C=O) groups excluding carboxylic acids is 2. The summed E-state index contributed by atoms with van der Waals surface area (Å²) in [4.78, 5) is 37.4. The van der Waals surface area contributed by atoms with Crippen molar-refractivity contribution in [1.29, 1.82) is 0 Å². The molecule has 0 bridgehead atoms. The van der Waals surface area contributed by atoms with Gasteiger partial charge in [-0.05, 0) is 45.4 Å². The SMILES string of the molecule is CC(=O)c1c(C)[nH]c(C(=O)[C@@H](C)N2CCN(Cc3cn4ccccc4n3)CC2)c1C. The Labute approximate surface area is 176 Å². The molecule has 0 aromatic carbocycles. The largest absolute Gasteiger partial charge is 0.355 e. The van der Waals surface area contributed by atoms with Crippen molar-refractivity contribution in [3.05, 3.63) is 58.8 Å². The van der Waals surface area contributed by atoms with Crippen molar-refractivity contribution in [2.24, 2.45) is 0 Å². The van der Waals surface area contributed by atoms with Crippen LogP contribution in [0.5, 0.6) is 0 Å². The van der Waals surface area contributed by atoms with Gasteiger partial charge in [-0.25, -0.2) is 4.98 Å². The Balaban J connectivity index is 1.38. The van der Waals surface area contributed by atoms with Crippen LogP contribution in [0.15, 0.2) is 30.6 Å². The van der Waals surface area contributed by atoms with E-state index >= 15 is 0 Å². The van der Waals surface area contributed by atoms with Crippen LogP contribution in [-0.4, -0.2) is 68.0 Å². The number of aromatic amines is 1. The van der Waals surface area contributed by atoms with Crippen molar-refractivity contribution in [2.45, 2.75) is 40.3 Å². The molecule has 7 nitrogen and oxygen atoms in total. The Morgan fingerprint density at radius 1 is 1.17 bits per heavy atom. The monoisotopic (exact) mass is 407 g/mol. The van der Waals surface area contributed by atoms with Crippen LogP contribution in [0, 0.1) is 13.8 Å². The van der Waals surface area contributed by atoms with E-state index in [1.165, 1.54) is 0 Å². The zero-order valence-electron chi connectivity index (χ0n) is 18.1. The fraction of sp³-hybridized carbons (Fsp3) is 0.435. The van der Waals surface area contributed by atoms with Crippen molar-refractivity contribution >= 4 is 17.2 Å². The van der Waals surface area contributed by atoms with E-state index < -0.39 is 0 Å². The van der Waals surface area contributed by atoms with Crippen molar-refractivity contribution < 1.29 is 9.59 Å². The van der Waals surface area contributed by atoms with Crippen LogP contribution >= 0.6 is 0 Å². The van der Waals surface area contributed by atoms with Gasteiger partial charge in [-0.15, -0.1) is 0 Å². The molecule has 1 atom stereocenters. The minimum absolute atomic E-state index is 0.00601. The van der Waals surface area contributed by atoms with E-state index in [-0.39, 0.29) is 17.6 Å². The van der Waals surface area contributed by atoms with Gasteiger partial charge in [0.2, 0.25) is 0 Å². The van der Waals surface area contributed by atoms with Crippen LogP contribution in [0.1, 0.15) is 51.6 Å². The predicted octanol–water partition coefficient (Wildman–Crippen LogP) is 2.87. The fourth-order valence-corrected chi connectivity index (χ4v) is 4.50. The number of fused-ring (bicyclic) bond motifs is 1. The molecule has 0 aliphatic carbocycles. The van der Waals surface area contributed by atoms with Crippen molar-refractivity contribution in [2.75, 3.05) is 26.2 Å². The number of hydrogen-bond donors (Lipinski definition) is 1. The van der Waals surface area contributed by atoms with Crippen LogP contribution in [0.2, 0.25) is 0 Å². The number of piperazine rings is 1. The molecule has 0 spiro atoms. The number of carbonyl (C=O) groups is 2. The van der Waals surface area contributed by atoms with Gasteiger partial charge in [0.05, 0.1) is 17.4 Å². The lowest BCUT2D eigenvalue weighted by molar-refractivity contribution is 0.0681. The van der Waals surface area contributed by atoms with Crippen LogP contribution < -0.4 is 0 Å². The third kappa shape index (κ3) is 3.82. The van der Waals surface area contributed by atoms with Gasteiger partial charge in [0.25, 0.3) is 0 Å². The van der Waals surface area contributed by atoms with Gasteiger partial charge in [-0.3, -0.25) is 19.4 Å². The topological polar surface area (TPSA) is 73.7 Å². The molecule has 1 N–H and O–H groups in total. The van der Waals surface area contributed by atoms with Crippen molar-refractivity contribution in [3.63, 3.8) is 0 Å². The minimum atomic E-state index is -0.223. The van der Waals surface area contributed by atoms with E-state index in [0.29, 0.717) is 11.3 Å². The zero-order valence-corrected chi connectivity index (χ0v) is 18.1. The molecule has 158 valence electrons. The van der Waals surface area contributed by atoms with Gasteiger partial charge in [-0.2, -0.15) is 0 Å². The second kappa shape index (κ2) is 8.16. The molecule has 1 aliphatic rings. The molecule has 0 saturated carbocycles. The third-order valence-electron chi connectivity index (χ3n) is 6.17. The summed E-state index contributed by atoms with van der Waals surface area (Å²) in [6.45, 7) is 11.5. The predicted molar refractivity (Wildman–Crippen MR) is 116 cm³/mol. The number of rotatable bonds is 6. The fourth-order valence-electron chi connectivity index (χ4n) is 4.50. The summed E-state index contributed by atoms with van der Waals surface area (Å²) in [6, 6.07) is 5.79. The summed E-state index contributed by atoms with van der Waals surface area (Å²) >= 11 is 0. The molecule has 4 rings (SSSR count). The smallest absolute Gasteiger partial charge is 0.196 e. The summed E-state index contributed by atoms with van der Waals surface area (Å²) in [5.74, 6) is 0.0467. The number of H-pyrrole nitrogens is 1. The average molecular weight is 408 g/mol. The number of pyridine rings is 1. The number of nitrogens with zero attached hydrogens (tertiary/aromatic N) is 4. The van der Waals surface area contributed by atoms with Gasteiger partial charge in [0.15, 0.2) is 11.6 Å². The maximum absolute atomic E-state index is 13.1. The maximum atomic E-state index is 13.1. The third-order valence-corrected chi connectivity index (χ3v) is 6.17. The normalized spacial score (nSPS) is 16.8. The first kappa shape index (κ1) is 20.5. The molecular formula is C23H29N5O2. The second-order valence-electron chi connectivity index (χ2n) is 8.23. The number of imidazole rings is 1. The molecule has 30 heavy (non-hydrogen) atoms. The Morgan fingerprint density at radius 3 is 2.53 bits per heavy atom. The van der Waals surface area contributed by atoms with Gasteiger partial charge >= 0.3 is 0 Å². The first-order valence-corrected chi connectivity index (χ1v) is 10.5. The Morgan fingerprint density at radius 2 is 1.90 bits per heavy atom. The second-order valence-corrected chi connectivity index (χ2v) is 8.23. The molecule has 3 aromatic rings. The van der Waals surface area contributed by atoms with Crippen molar-refractivity contribution in [1.82, 2.24) is 24.2 Å². The van der Waals surface area contributed by atoms with E-state index in [1.807, 2.05) is 49.6 Å². The molecular weight excluding hydrogens is 378 g/mol. The lowest BCUT2D eigenvalue weighted by Crippen LogP contribution is -2.51. The number of Topliss-reactive ketones (excluding diaryl/α,β-unsaturated/α-hetero) is 2. The number of ketones is 2. The van der Waals surface area contributed by atoms with Gasteiger partial charge in [0.1, 0.15) is 5.65 Å². The Hall–Kier alpha value is -2.77. The quantitative estimate of drug-likeness (QED) is 0.636. The molecule has 7 heteroatoms. The maximum Gasteiger partial charge on any atom is 0.196 e. The first-order chi connectivity index (χ1) is 14.3. The molecule has 3 aromatic heterocycles. The van der Waals surface area contributed by atoms with Crippen LogP contribution in [0.4, 0.5) is 0 Å². The molecule has 0 amide bonds. The Bertz CT molecular complexity index is 1060. The summed E-state index contributed by atoms with van der Waals surface area (Å²) in [7, 11) is 0. The lowest BCUT2D eigenvalue weighted by atomic mass is 10.0. The summed E-state index contributed by atoms with van der Waals surface area (Å²) < 4.78 is 2.04. The molecule has 4 heterocycles. The van der Waals surface area contributed by atoms with E-state index in [1.54, 1.807) is 6.92 Å². The van der Waals surface area contributed by atoms with E-state index in [2.05, 4.69) is 26.0 Å². The molecule has 0 unspecified atom stereocenters. The molecule has 0 radical (unpaired) electrons. The van der Waals surface area contributed by atoms with E-state index in [9.17, 15) is 9.59 Å². The van der Waals surface area contributed by atoms with Crippen molar-refractivity contribution in [3.8, 4) is 0 Å². The summed E-state index contributed by atoms with van der Waals surface area (Å²) in [6.07, 6.45) is 4.09. The zero-order chi connectivity index (χ0) is 21.4. The van der Waals surface area contributed by atoms with Crippen LogP contribution in [-0.2, 0) is 6.54 Å². The standard InChI is InChI=1S/C23H29N5O2/c1-15-21(18(4)29)16(2)24-22(15)23(30)17(3)27-11-9-26(10-12-27)13-19-14-28-8-6-5-7-20(28)25-19/h5-8,14,17,24H,9-13H2,1-4H3/t17-/m1/s1. The first-order valence-electron chi connectivity index (χ1n) is 10.5. The van der Waals surface area contributed by atoms with Gasteiger partial charge < -0.3 is 9.38 Å². The summed E-state index contributed by atoms with van der Waals surface area (Å²) in [5.41, 5.74) is 4.77. The number of hydrogen-bond acceptors (Lipinski definition) is 5. The van der Waals surface area contributed by atoms with E-state index in [0.717, 1.165) is 55.3 Å². The average Bonchev–Trinajstić information content (AvgIpc) is 3.26. The van der Waals surface area contributed by atoms with E-state index in [4.69, 9.17) is 0 Å². The van der Waals surface area contributed by atoms with Gasteiger partial charge in [0, 0.05) is 56.4 Å². The number of aryl methyl sites for hydroxylation is 1. The Kier molecular flexibility index (Phi) is 5.58. The number of aromatic nitrogens is 3. The van der Waals surface area contributed by atoms with Gasteiger partial charge in [-0.1, -0.05) is 6.07 Å². The highest BCUT2D eigenvalue weighted by molar-refractivity contribution is 6.05. The molecule has 1 saturated heterocycles. The van der Waals surface area contributed by atoms with Crippen LogP contribution in [0.25, 0.3) is 5.65 Å². The highest BCUT2D eigenvalue weighted by atomic mass is 16.1. The van der Waals surface area contributed by atoms with Crippen LogP contribution in [0.3, 0.4) is 0 Å². The minimum Gasteiger partial charge on any atom is -0.355 e. The highest BCUT2D eigenvalue weighted by Crippen LogP contribution is 2.21. The highest BCUT2D eigenvalue weighted by Gasteiger charge is 2.29. The number of nitrogens with one attached hydrogen (secondary N) is 1.